The highest BCUT2D eigenvalue weighted by molar-refractivity contribution is 5.24. The molecule has 0 aromatic heterocycles. The van der Waals surface area contributed by atoms with Gasteiger partial charge in [-0.05, 0) is 24.3 Å². The standard InChI is InChI=1S/C17H18O2/c1-3-14-17(2,18-15-10-6-4-7-11-15)19-16-12-8-5-9-13-16/h3-13H,1,14H2,2H3. The summed E-state index contributed by atoms with van der Waals surface area (Å²) in [7, 11) is 0. The summed E-state index contributed by atoms with van der Waals surface area (Å²) in [5.74, 6) is 0.801. The molecule has 0 radical (unpaired) electrons. The third-order valence-corrected chi connectivity index (χ3v) is 2.67. The zero-order chi connectivity index (χ0) is 13.6. The number of hydrogen-bond donors (Lipinski definition) is 0. The van der Waals surface area contributed by atoms with Crippen molar-refractivity contribution in [2.45, 2.75) is 19.1 Å². The molecule has 2 aromatic carbocycles. The Morgan fingerprint density at radius 1 is 0.895 bits per heavy atom. The Bertz CT molecular complexity index is 464. The van der Waals surface area contributed by atoms with Gasteiger partial charge >= 0.3 is 0 Å². The van der Waals surface area contributed by atoms with Crippen molar-refractivity contribution in [3.05, 3.63) is 73.3 Å². The molecule has 2 rings (SSSR count). The van der Waals surface area contributed by atoms with Crippen LogP contribution in [0.5, 0.6) is 11.5 Å². The van der Waals surface area contributed by atoms with Crippen molar-refractivity contribution < 1.29 is 9.47 Å². The van der Waals surface area contributed by atoms with Crippen molar-refractivity contribution in [2.75, 3.05) is 0 Å². The second-order valence-corrected chi connectivity index (χ2v) is 4.46. The minimum absolute atomic E-state index is 0.594. The van der Waals surface area contributed by atoms with Crippen LogP contribution in [-0.2, 0) is 0 Å². The van der Waals surface area contributed by atoms with Gasteiger partial charge in [0.2, 0.25) is 0 Å². The molecule has 0 aliphatic rings. The molecule has 2 aromatic rings. The lowest BCUT2D eigenvalue weighted by Crippen LogP contribution is -2.38. The Balaban J connectivity index is 2.15. The molecular weight excluding hydrogens is 236 g/mol. The summed E-state index contributed by atoms with van der Waals surface area (Å²) < 4.78 is 11.9. The summed E-state index contributed by atoms with van der Waals surface area (Å²) in [6.07, 6.45) is 2.39. The van der Waals surface area contributed by atoms with Gasteiger partial charge in [0, 0.05) is 13.3 Å². The molecule has 0 aliphatic carbocycles. The zero-order valence-electron chi connectivity index (χ0n) is 11.1. The van der Waals surface area contributed by atoms with E-state index in [2.05, 4.69) is 6.58 Å². The van der Waals surface area contributed by atoms with Gasteiger partial charge in [-0.2, -0.15) is 0 Å². The maximum Gasteiger partial charge on any atom is 0.251 e. The molecule has 98 valence electrons. The van der Waals surface area contributed by atoms with E-state index in [1.165, 1.54) is 0 Å². The number of ether oxygens (including phenoxy) is 2. The molecule has 19 heavy (non-hydrogen) atoms. The SMILES string of the molecule is C=CCC(C)(Oc1ccccc1)Oc1ccccc1. The lowest BCUT2D eigenvalue weighted by Gasteiger charge is -2.30. The van der Waals surface area contributed by atoms with E-state index in [-0.39, 0.29) is 0 Å². The molecule has 0 amide bonds. The summed E-state index contributed by atoms with van der Waals surface area (Å²) in [5.41, 5.74) is 0. The topological polar surface area (TPSA) is 18.5 Å². The van der Waals surface area contributed by atoms with Crippen LogP contribution in [0.3, 0.4) is 0 Å². The van der Waals surface area contributed by atoms with Crippen LogP contribution in [0, 0.1) is 0 Å². The highest BCUT2D eigenvalue weighted by Crippen LogP contribution is 2.25. The van der Waals surface area contributed by atoms with Crippen LogP contribution in [0.25, 0.3) is 0 Å². The lowest BCUT2D eigenvalue weighted by molar-refractivity contribution is -0.0945. The molecule has 2 heteroatoms. The average Bonchev–Trinajstić information content (AvgIpc) is 2.41. The van der Waals surface area contributed by atoms with E-state index in [0.29, 0.717) is 6.42 Å². The summed E-state index contributed by atoms with van der Waals surface area (Å²) in [6, 6.07) is 19.3. The fourth-order valence-corrected chi connectivity index (χ4v) is 1.84. The number of rotatable bonds is 6. The van der Waals surface area contributed by atoms with E-state index in [0.717, 1.165) is 11.5 Å². The second-order valence-electron chi connectivity index (χ2n) is 4.46. The van der Waals surface area contributed by atoms with Gasteiger partial charge < -0.3 is 9.47 Å². The van der Waals surface area contributed by atoms with E-state index < -0.39 is 5.79 Å². The minimum atomic E-state index is -0.759. The normalized spacial score (nSPS) is 10.8. The molecule has 0 bridgehead atoms. The number of hydrogen-bond acceptors (Lipinski definition) is 2. The van der Waals surface area contributed by atoms with Crippen LogP contribution in [0.1, 0.15) is 13.3 Å². The van der Waals surface area contributed by atoms with Crippen LogP contribution < -0.4 is 9.47 Å². The van der Waals surface area contributed by atoms with Crippen molar-refractivity contribution in [1.29, 1.82) is 0 Å². The monoisotopic (exact) mass is 254 g/mol. The molecule has 2 nitrogen and oxygen atoms in total. The van der Waals surface area contributed by atoms with Gasteiger partial charge in [-0.1, -0.05) is 42.5 Å². The molecule has 0 heterocycles. The molecule has 0 fully saturated rings. The molecule has 0 spiro atoms. The van der Waals surface area contributed by atoms with Crippen LogP contribution >= 0.6 is 0 Å². The Morgan fingerprint density at radius 2 is 1.32 bits per heavy atom. The first-order chi connectivity index (χ1) is 9.22. The highest BCUT2D eigenvalue weighted by atomic mass is 16.7. The number of benzene rings is 2. The maximum absolute atomic E-state index is 5.95. The lowest BCUT2D eigenvalue weighted by atomic mass is 10.2. The van der Waals surface area contributed by atoms with E-state index >= 15 is 0 Å². The Hall–Kier alpha value is -2.22. The van der Waals surface area contributed by atoms with Gasteiger partial charge in [-0.25, -0.2) is 0 Å². The zero-order valence-corrected chi connectivity index (χ0v) is 11.1. The van der Waals surface area contributed by atoms with Crippen molar-refractivity contribution in [3.63, 3.8) is 0 Å². The van der Waals surface area contributed by atoms with Crippen LogP contribution in [0.4, 0.5) is 0 Å². The predicted molar refractivity (Wildman–Crippen MR) is 77.4 cm³/mol. The van der Waals surface area contributed by atoms with Gasteiger partial charge in [0.1, 0.15) is 11.5 Å². The Labute approximate surface area is 114 Å². The number of para-hydroxylation sites is 2. The first-order valence-corrected chi connectivity index (χ1v) is 6.31. The van der Waals surface area contributed by atoms with E-state index in [9.17, 15) is 0 Å². The van der Waals surface area contributed by atoms with Gasteiger partial charge in [-0.15, -0.1) is 6.58 Å². The first kappa shape index (κ1) is 13.2. The van der Waals surface area contributed by atoms with Crippen molar-refractivity contribution in [3.8, 4) is 11.5 Å². The van der Waals surface area contributed by atoms with Crippen LogP contribution in [0.2, 0.25) is 0 Å². The summed E-state index contributed by atoms with van der Waals surface area (Å²) in [5, 5.41) is 0. The van der Waals surface area contributed by atoms with Crippen molar-refractivity contribution in [2.24, 2.45) is 0 Å². The third kappa shape index (κ3) is 3.88. The second kappa shape index (κ2) is 6.10. The third-order valence-electron chi connectivity index (χ3n) is 2.67. The molecule has 0 saturated carbocycles. The van der Waals surface area contributed by atoms with Gasteiger partial charge in [0.25, 0.3) is 5.79 Å². The van der Waals surface area contributed by atoms with Crippen LogP contribution in [0.15, 0.2) is 73.3 Å². The summed E-state index contributed by atoms with van der Waals surface area (Å²) in [4.78, 5) is 0. The van der Waals surface area contributed by atoms with Crippen molar-refractivity contribution in [1.82, 2.24) is 0 Å². The molecule has 0 N–H and O–H groups in total. The summed E-state index contributed by atoms with van der Waals surface area (Å²) in [6.45, 7) is 5.68. The smallest absolute Gasteiger partial charge is 0.251 e. The molecule has 0 unspecified atom stereocenters. The van der Waals surface area contributed by atoms with Crippen molar-refractivity contribution >= 4 is 0 Å². The molecule has 0 atom stereocenters. The first-order valence-electron chi connectivity index (χ1n) is 6.31. The Morgan fingerprint density at radius 3 is 1.68 bits per heavy atom. The van der Waals surface area contributed by atoms with Gasteiger partial charge in [-0.3, -0.25) is 0 Å². The average molecular weight is 254 g/mol. The van der Waals surface area contributed by atoms with Crippen LogP contribution in [-0.4, -0.2) is 5.79 Å². The largest absolute Gasteiger partial charge is 0.452 e. The molecular formula is C17H18O2. The fourth-order valence-electron chi connectivity index (χ4n) is 1.84. The maximum atomic E-state index is 5.95. The highest BCUT2D eigenvalue weighted by Gasteiger charge is 2.27. The summed E-state index contributed by atoms with van der Waals surface area (Å²) >= 11 is 0. The Kier molecular flexibility index (Phi) is 4.24. The fraction of sp³-hybridized carbons (Fsp3) is 0.176. The van der Waals surface area contributed by atoms with Gasteiger partial charge in [0.15, 0.2) is 0 Å². The molecule has 0 saturated heterocycles. The quantitative estimate of drug-likeness (QED) is 0.560. The van der Waals surface area contributed by atoms with Gasteiger partial charge in [0.05, 0.1) is 0 Å². The molecule has 0 aliphatic heterocycles. The van der Waals surface area contributed by atoms with E-state index in [1.807, 2.05) is 67.6 Å². The van der Waals surface area contributed by atoms with E-state index in [1.54, 1.807) is 6.08 Å². The van der Waals surface area contributed by atoms with E-state index in [4.69, 9.17) is 9.47 Å². The minimum Gasteiger partial charge on any atom is -0.452 e. The predicted octanol–water partition coefficient (Wildman–Crippen LogP) is 4.44.